The van der Waals surface area contributed by atoms with Gasteiger partial charge in [0.2, 0.25) is 0 Å². The third-order valence-corrected chi connectivity index (χ3v) is 5.17. The van der Waals surface area contributed by atoms with E-state index in [2.05, 4.69) is 87.3 Å². The highest BCUT2D eigenvalue weighted by Gasteiger charge is 2.14. The van der Waals surface area contributed by atoms with Crippen LogP contribution in [0.5, 0.6) is 0 Å². The Bertz CT molecular complexity index is 549. The molecule has 0 aliphatic heterocycles. The van der Waals surface area contributed by atoms with Crippen LogP contribution in [0.1, 0.15) is 43.0 Å². The van der Waals surface area contributed by atoms with Gasteiger partial charge in [-0.3, -0.25) is 0 Å². The van der Waals surface area contributed by atoms with Crippen molar-refractivity contribution >= 4 is 31.9 Å². The van der Waals surface area contributed by atoms with Gasteiger partial charge in [-0.1, -0.05) is 101 Å². The first-order chi connectivity index (χ1) is 9.74. The van der Waals surface area contributed by atoms with Gasteiger partial charge in [0.05, 0.1) is 0 Å². The summed E-state index contributed by atoms with van der Waals surface area (Å²) in [7, 11) is 0. The molecular formula is C18H20Br2. The van der Waals surface area contributed by atoms with Gasteiger partial charge < -0.3 is 0 Å². The average Bonchev–Trinajstić information content (AvgIpc) is 2.48. The summed E-state index contributed by atoms with van der Waals surface area (Å²) >= 11 is 7.54. The predicted molar refractivity (Wildman–Crippen MR) is 95.4 cm³/mol. The Kier molecular flexibility index (Phi) is 6.31. The van der Waals surface area contributed by atoms with Gasteiger partial charge in [0.1, 0.15) is 0 Å². The highest BCUT2D eigenvalue weighted by molar-refractivity contribution is 9.10. The lowest BCUT2D eigenvalue weighted by Crippen LogP contribution is -1.94. The molecule has 2 heteroatoms. The molecule has 0 bridgehead atoms. The lowest BCUT2D eigenvalue weighted by molar-refractivity contribution is 0.664. The highest BCUT2D eigenvalue weighted by atomic mass is 79.9. The summed E-state index contributed by atoms with van der Waals surface area (Å²) in [5.41, 5.74) is 3.97. The van der Waals surface area contributed by atoms with Crippen LogP contribution >= 0.6 is 31.9 Å². The van der Waals surface area contributed by atoms with Crippen molar-refractivity contribution in [3.8, 4) is 11.1 Å². The molecule has 0 spiro atoms. The van der Waals surface area contributed by atoms with Gasteiger partial charge in [-0.25, -0.2) is 0 Å². The predicted octanol–water partition coefficient (Wildman–Crippen LogP) is 7.13. The molecule has 2 rings (SSSR count). The summed E-state index contributed by atoms with van der Waals surface area (Å²) in [6.45, 7) is 2.25. The molecule has 1 unspecified atom stereocenters. The molecule has 1 atom stereocenters. The number of benzene rings is 2. The second-order valence-electron chi connectivity index (χ2n) is 5.03. The van der Waals surface area contributed by atoms with Crippen LogP contribution in [0.3, 0.4) is 0 Å². The Morgan fingerprint density at radius 3 is 2.25 bits per heavy atom. The summed E-state index contributed by atoms with van der Waals surface area (Å²) in [5, 5.41) is 0. The Morgan fingerprint density at radius 1 is 0.900 bits per heavy atom. The molecule has 2 aromatic rings. The molecule has 0 fully saturated rings. The van der Waals surface area contributed by atoms with Crippen LogP contribution in [0.15, 0.2) is 53.0 Å². The smallest absolute Gasteiger partial charge is 0.0401 e. The lowest BCUT2D eigenvalue weighted by Gasteiger charge is -2.16. The van der Waals surface area contributed by atoms with Crippen molar-refractivity contribution in [3.63, 3.8) is 0 Å². The summed E-state index contributed by atoms with van der Waals surface area (Å²) in [6, 6.07) is 17.1. The van der Waals surface area contributed by atoms with Gasteiger partial charge in [-0.2, -0.15) is 0 Å². The zero-order valence-electron chi connectivity index (χ0n) is 11.8. The van der Waals surface area contributed by atoms with E-state index in [9.17, 15) is 0 Å². The maximum absolute atomic E-state index is 3.87. The Hall–Kier alpha value is -0.600. The molecule has 0 saturated heterocycles. The van der Waals surface area contributed by atoms with E-state index in [1.54, 1.807) is 0 Å². The van der Waals surface area contributed by atoms with Crippen LogP contribution in [0.4, 0.5) is 0 Å². The molecule has 0 heterocycles. The van der Waals surface area contributed by atoms with E-state index in [-0.39, 0.29) is 0 Å². The molecule has 0 aliphatic rings. The maximum Gasteiger partial charge on any atom is 0.0401 e. The molecule has 20 heavy (non-hydrogen) atoms. The van der Waals surface area contributed by atoms with Crippen LogP contribution in [-0.4, -0.2) is 0 Å². The monoisotopic (exact) mass is 394 g/mol. The molecule has 0 nitrogen and oxygen atoms in total. The van der Waals surface area contributed by atoms with Crippen LogP contribution in [0.2, 0.25) is 0 Å². The topological polar surface area (TPSA) is 0 Å². The Morgan fingerprint density at radius 2 is 1.55 bits per heavy atom. The number of hydrogen-bond acceptors (Lipinski definition) is 0. The van der Waals surface area contributed by atoms with E-state index < -0.39 is 0 Å². The van der Waals surface area contributed by atoms with E-state index in [1.165, 1.54) is 42.4 Å². The zero-order chi connectivity index (χ0) is 14.4. The van der Waals surface area contributed by atoms with Crippen molar-refractivity contribution in [1.29, 1.82) is 0 Å². The summed E-state index contributed by atoms with van der Waals surface area (Å²) < 4.78 is 1.15. The van der Waals surface area contributed by atoms with E-state index in [4.69, 9.17) is 0 Å². The number of rotatable bonds is 6. The van der Waals surface area contributed by atoms with Crippen molar-refractivity contribution < 1.29 is 0 Å². The van der Waals surface area contributed by atoms with Crippen LogP contribution in [0.25, 0.3) is 11.1 Å². The first-order valence-electron chi connectivity index (χ1n) is 7.22. The molecule has 0 N–H and O–H groups in total. The minimum Gasteiger partial charge on any atom is -0.0839 e. The molecular weight excluding hydrogens is 376 g/mol. The van der Waals surface area contributed by atoms with E-state index >= 15 is 0 Å². The standard InChI is InChI=1S/C18H20Br2/c1-2-3-4-12-17(19)15-10-6-5-9-14(15)16-11-7-8-13-18(16)20/h5-11,13,17H,2-4,12H2,1H3. The van der Waals surface area contributed by atoms with Crippen molar-refractivity contribution in [1.82, 2.24) is 0 Å². The average molecular weight is 396 g/mol. The Labute approximate surface area is 138 Å². The molecule has 0 aromatic heterocycles. The lowest BCUT2D eigenvalue weighted by atomic mass is 9.96. The van der Waals surface area contributed by atoms with Gasteiger partial charge >= 0.3 is 0 Å². The molecule has 106 valence electrons. The second kappa shape index (κ2) is 7.99. The van der Waals surface area contributed by atoms with Gasteiger partial charge in [0.15, 0.2) is 0 Å². The number of halogens is 2. The van der Waals surface area contributed by atoms with E-state index in [0.29, 0.717) is 4.83 Å². The highest BCUT2D eigenvalue weighted by Crippen LogP contribution is 2.38. The van der Waals surface area contributed by atoms with Gasteiger partial charge in [0.25, 0.3) is 0 Å². The van der Waals surface area contributed by atoms with Crippen molar-refractivity contribution in [2.75, 3.05) is 0 Å². The fourth-order valence-corrected chi connectivity index (χ4v) is 3.65. The molecule has 0 aliphatic carbocycles. The second-order valence-corrected chi connectivity index (χ2v) is 6.99. The first kappa shape index (κ1) is 15.8. The summed E-state index contributed by atoms with van der Waals surface area (Å²) in [4.78, 5) is 0.428. The fourth-order valence-electron chi connectivity index (χ4n) is 2.42. The van der Waals surface area contributed by atoms with Crippen molar-refractivity contribution in [2.45, 2.75) is 37.4 Å². The van der Waals surface area contributed by atoms with Crippen molar-refractivity contribution in [3.05, 3.63) is 58.6 Å². The van der Waals surface area contributed by atoms with Crippen LogP contribution < -0.4 is 0 Å². The molecule has 2 aromatic carbocycles. The maximum atomic E-state index is 3.87. The fraction of sp³-hybridized carbons (Fsp3) is 0.333. The molecule has 0 saturated carbocycles. The normalized spacial score (nSPS) is 12.3. The van der Waals surface area contributed by atoms with Crippen molar-refractivity contribution in [2.24, 2.45) is 0 Å². The number of hydrogen-bond donors (Lipinski definition) is 0. The van der Waals surface area contributed by atoms with E-state index in [0.717, 1.165) is 4.47 Å². The number of unbranched alkanes of at least 4 members (excludes halogenated alkanes) is 2. The number of alkyl halides is 1. The minimum absolute atomic E-state index is 0.428. The van der Waals surface area contributed by atoms with Gasteiger partial charge in [0, 0.05) is 9.30 Å². The molecule has 0 radical (unpaired) electrons. The zero-order valence-corrected chi connectivity index (χ0v) is 15.0. The van der Waals surface area contributed by atoms with Crippen LogP contribution in [0, 0.1) is 0 Å². The third-order valence-electron chi connectivity index (χ3n) is 3.52. The minimum atomic E-state index is 0.428. The largest absolute Gasteiger partial charge is 0.0839 e. The van der Waals surface area contributed by atoms with Crippen LogP contribution in [-0.2, 0) is 0 Å². The Balaban J connectivity index is 2.29. The first-order valence-corrected chi connectivity index (χ1v) is 8.92. The van der Waals surface area contributed by atoms with Gasteiger partial charge in [-0.05, 0) is 29.2 Å². The van der Waals surface area contributed by atoms with Gasteiger partial charge in [-0.15, -0.1) is 0 Å². The summed E-state index contributed by atoms with van der Waals surface area (Å²) in [6.07, 6.45) is 5.04. The van der Waals surface area contributed by atoms with E-state index in [1.807, 2.05) is 0 Å². The third kappa shape index (κ3) is 3.95. The SMILES string of the molecule is CCCCCC(Br)c1ccccc1-c1ccccc1Br. The molecule has 0 amide bonds. The summed E-state index contributed by atoms with van der Waals surface area (Å²) in [5.74, 6) is 0. The quantitative estimate of drug-likeness (QED) is 0.360.